The molecule has 0 radical (unpaired) electrons. The van der Waals surface area contributed by atoms with Gasteiger partial charge in [0.15, 0.2) is 0 Å². The van der Waals surface area contributed by atoms with Crippen LogP contribution in [-0.4, -0.2) is 130 Å². The Morgan fingerprint density at radius 1 is 0.650 bits per heavy atom. The van der Waals surface area contributed by atoms with Crippen LogP contribution in [0.15, 0.2) is 36.4 Å². The van der Waals surface area contributed by atoms with E-state index in [-0.39, 0.29) is 11.8 Å². The molecule has 4 aromatic rings. The average molecular weight is 825 g/mol. The largest absolute Gasteiger partial charge is 0.453 e. The number of likely N-dealkylation sites (N-methyl/N-ethyl adjacent to an activating group) is 4. The maximum Gasteiger partial charge on any atom is 0.409 e. The molecule has 0 spiro atoms. The van der Waals surface area contributed by atoms with Gasteiger partial charge >= 0.3 is 6.09 Å². The molecule has 0 saturated carbocycles. The van der Waals surface area contributed by atoms with Crippen molar-refractivity contribution in [3.63, 3.8) is 0 Å². The number of amides is 3. The molecule has 0 bridgehead atoms. The van der Waals surface area contributed by atoms with Crippen LogP contribution in [-0.2, 0) is 54.0 Å². The number of nitrogens with zero attached hydrogens (tertiary/aromatic N) is 5. The van der Waals surface area contributed by atoms with E-state index in [2.05, 4.69) is 52.8 Å². The van der Waals surface area contributed by atoms with Gasteiger partial charge in [-0.2, -0.15) is 0 Å². The molecule has 4 heterocycles. The SMILES string of the molecule is CNCCN(C)C(=O)c1ccc2c(c1)c1c(n2C)CCC(C2CCOCC2)C1.COC(=O)N(C)CCN(C)C(=O)c1ccc2c(c1)c1c(n2C)CCC(C2CCOCC2)C1. The molecule has 12 heteroatoms. The predicted octanol–water partition coefficient (Wildman–Crippen LogP) is 6.48. The summed E-state index contributed by atoms with van der Waals surface area (Å²) in [5, 5.41) is 5.60. The summed E-state index contributed by atoms with van der Waals surface area (Å²) < 4.78 is 20.5. The lowest BCUT2D eigenvalue weighted by Crippen LogP contribution is -2.37. The van der Waals surface area contributed by atoms with Crippen molar-refractivity contribution in [1.29, 1.82) is 0 Å². The van der Waals surface area contributed by atoms with Crippen molar-refractivity contribution in [2.75, 3.05) is 87.9 Å². The lowest BCUT2D eigenvalue weighted by molar-refractivity contribution is 0.0438. The molecule has 2 aromatic heterocycles. The number of aromatic nitrogens is 2. The van der Waals surface area contributed by atoms with Crippen LogP contribution in [0.5, 0.6) is 0 Å². The Labute approximate surface area is 356 Å². The highest BCUT2D eigenvalue weighted by molar-refractivity contribution is 6.00. The van der Waals surface area contributed by atoms with Crippen molar-refractivity contribution < 1.29 is 28.6 Å². The number of aryl methyl sites for hydroxylation is 2. The van der Waals surface area contributed by atoms with Gasteiger partial charge < -0.3 is 43.4 Å². The molecular formula is C48H68N6O6. The Hall–Kier alpha value is -4.39. The van der Waals surface area contributed by atoms with Gasteiger partial charge in [0.05, 0.1) is 7.11 Å². The van der Waals surface area contributed by atoms with Gasteiger partial charge in [0.2, 0.25) is 0 Å². The van der Waals surface area contributed by atoms with Crippen LogP contribution in [0.3, 0.4) is 0 Å². The number of carbonyl (C=O) groups excluding carboxylic acids is 3. The number of hydrogen-bond acceptors (Lipinski definition) is 7. The first-order valence-corrected chi connectivity index (χ1v) is 22.3. The predicted molar refractivity (Wildman–Crippen MR) is 237 cm³/mol. The Balaban J connectivity index is 0.000000183. The number of benzene rings is 2. The molecule has 2 saturated heterocycles. The van der Waals surface area contributed by atoms with E-state index in [1.807, 2.05) is 26.2 Å². The van der Waals surface area contributed by atoms with Gasteiger partial charge in [0.1, 0.15) is 0 Å². The zero-order valence-electron chi connectivity index (χ0n) is 37.2. The van der Waals surface area contributed by atoms with Crippen molar-refractivity contribution in [3.8, 4) is 0 Å². The minimum absolute atomic E-state index is 0.0282. The minimum atomic E-state index is -0.401. The van der Waals surface area contributed by atoms with Crippen LogP contribution in [0.1, 0.15) is 81.8 Å². The standard InChI is InChI=1S/C25H35N3O4.C23H33N3O2/c1-26(11-12-27(2)25(30)31-4)24(29)19-6-8-23-21(16-19)20-15-18(5-7-22(20)28(23)3)17-9-13-32-14-10-17;1-24-10-11-25(2)23(27)18-5-7-22-20(15-18)19-14-17(4-6-21(19)26(22)3)16-8-12-28-13-9-16/h6,8,16-18H,5,7,9-15H2,1-4H3;5,7,15-17,24H,4,6,8-14H2,1-3H3. The molecule has 4 aliphatic rings. The molecule has 2 aliphatic heterocycles. The third kappa shape index (κ3) is 9.26. The lowest BCUT2D eigenvalue weighted by atomic mass is 9.75. The molecule has 2 unspecified atom stereocenters. The maximum atomic E-state index is 13.1. The molecule has 2 atom stereocenters. The van der Waals surface area contributed by atoms with Gasteiger partial charge in [-0.25, -0.2) is 4.79 Å². The van der Waals surface area contributed by atoms with E-state index in [4.69, 9.17) is 14.2 Å². The van der Waals surface area contributed by atoms with Gasteiger partial charge in [0.25, 0.3) is 11.8 Å². The molecule has 2 aromatic carbocycles. The Kier molecular flexibility index (Phi) is 14.2. The lowest BCUT2D eigenvalue weighted by Gasteiger charge is -2.33. The van der Waals surface area contributed by atoms with Gasteiger partial charge in [-0.1, -0.05) is 0 Å². The van der Waals surface area contributed by atoms with E-state index < -0.39 is 6.09 Å². The van der Waals surface area contributed by atoms with Crippen LogP contribution >= 0.6 is 0 Å². The molecule has 12 nitrogen and oxygen atoms in total. The van der Waals surface area contributed by atoms with Gasteiger partial charge in [0, 0.05) is 132 Å². The summed E-state index contributed by atoms with van der Waals surface area (Å²) in [5.74, 6) is 3.06. The highest BCUT2D eigenvalue weighted by Crippen LogP contribution is 2.41. The number of carbonyl (C=O) groups is 3. The van der Waals surface area contributed by atoms with Crippen molar-refractivity contribution in [1.82, 2.24) is 29.2 Å². The number of fused-ring (bicyclic) bond motifs is 6. The van der Waals surface area contributed by atoms with E-state index in [1.165, 1.54) is 94.9 Å². The Bertz CT molecular complexity index is 2150. The smallest absolute Gasteiger partial charge is 0.409 e. The van der Waals surface area contributed by atoms with Gasteiger partial charge in [-0.05, 0) is 142 Å². The number of ether oxygens (including phenoxy) is 3. The monoisotopic (exact) mass is 825 g/mol. The average Bonchev–Trinajstić information content (AvgIpc) is 3.74. The number of hydrogen-bond donors (Lipinski definition) is 1. The van der Waals surface area contributed by atoms with E-state index in [0.717, 1.165) is 82.0 Å². The molecule has 1 N–H and O–H groups in total. The molecule has 3 amide bonds. The fraction of sp³-hybridized carbons (Fsp3) is 0.604. The van der Waals surface area contributed by atoms with Gasteiger partial charge in [-0.15, -0.1) is 0 Å². The molecular weight excluding hydrogens is 757 g/mol. The molecule has 2 aliphatic carbocycles. The Morgan fingerprint density at radius 3 is 1.52 bits per heavy atom. The summed E-state index contributed by atoms with van der Waals surface area (Å²) in [6, 6.07) is 12.3. The summed E-state index contributed by atoms with van der Waals surface area (Å²) in [6.45, 7) is 6.00. The molecule has 8 rings (SSSR count). The number of nitrogens with one attached hydrogen (secondary N) is 1. The second kappa shape index (κ2) is 19.5. The van der Waals surface area contributed by atoms with Gasteiger partial charge in [-0.3, -0.25) is 9.59 Å². The van der Waals surface area contributed by atoms with E-state index in [9.17, 15) is 14.4 Å². The van der Waals surface area contributed by atoms with E-state index in [1.54, 1.807) is 23.9 Å². The maximum absolute atomic E-state index is 13.1. The zero-order valence-corrected chi connectivity index (χ0v) is 37.2. The molecule has 2 fully saturated rings. The number of methoxy groups -OCH3 is 1. The quantitative estimate of drug-likeness (QED) is 0.195. The van der Waals surface area contributed by atoms with Crippen LogP contribution in [0.2, 0.25) is 0 Å². The van der Waals surface area contributed by atoms with Crippen LogP contribution in [0.25, 0.3) is 21.8 Å². The summed E-state index contributed by atoms with van der Waals surface area (Å²) in [5.41, 5.74) is 9.74. The molecule has 60 heavy (non-hydrogen) atoms. The van der Waals surface area contributed by atoms with Crippen molar-refractivity contribution in [2.24, 2.45) is 37.8 Å². The van der Waals surface area contributed by atoms with Crippen molar-refractivity contribution in [2.45, 2.75) is 64.2 Å². The van der Waals surface area contributed by atoms with E-state index >= 15 is 0 Å². The third-order valence-corrected chi connectivity index (χ3v) is 14.3. The topological polar surface area (TPSA) is 111 Å². The first-order chi connectivity index (χ1) is 29.0. The highest BCUT2D eigenvalue weighted by atomic mass is 16.5. The highest BCUT2D eigenvalue weighted by Gasteiger charge is 2.33. The minimum Gasteiger partial charge on any atom is -0.453 e. The van der Waals surface area contributed by atoms with Crippen LogP contribution < -0.4 is 5.32 Å². The fourth-order valence-electron chi connectivity index (χ4n) is 10.5. The second-order valence-corrected chi connectivity index (χ2v) is 17.8. The summed E-state index contributed by atoms with van der Waals surface area (Å²) in [6.07, 6.45) is 11.3. The summed E-state index contributed by atoms with van der Waals surface area (Å²) in [4.78, 5) is 42.5. The number of rotatable bonds is 10. The van der Waals surface area contributed by atoms with Crippen LogP contribution in [0, 0.1) is 23.7 Å². The van der Waals surface area contributed by atoms with E-state index in [0.29, 0.717) is 31.1 Å². The second-order valence-electron chi connectivity index (χ2n) is 17.8. The van der Waals surface area contributed by atoms with Crippen molar-refractivity contribution >= 4 is 39.7 Å². The fourth-order valence-corrected chi connectivity index (χ4v) is 10.5. The van der Waals surface area contributed by atoms with Crippen molar-refractivity contribution in [3.05, 3.63) is 70.0 Å². The third-order valence-electron chi connectivity index (χ3n) is 14.3. The Morgan fingerprint density at radius 2 is 1.08 bits per heavy atom. The van der Waals surface area contributed by atoms with Crippen LogP contribution in [0.4, 0.5) is 4.79 Å². The summed E-state index contributed by atoms with van der Waals surface area (Å²) >= 11 is 0. The first-order valence-electron chi connectivity index (χ1n) is 22.3. The first kappa shape index (κ1) is 43.7. The summed E-state index contributed by atoms with van der Waals surface area (Å²) in [7, 11) is 12.9. The normalized spacial score (nSPS) is 19.6. The zero-order chi connectivity index (χ0) is 42.5. The molecule has 326 valence electrons.